The van der Waals surface area contributed by atoms with Gasteiger partial charge < -0.3 is 0 Å². The van der Waals surface area contributed by atoms with E-state index in [0.29, 0.717) is 6.54 Å². The molecule has 0 bridgehead atoms. The number of halogens is 1. The Hall–Kier alpha value is -0.110. The Labute approximate surface area is 88.7 Å². The first-order valence-corrected chi connectivity index (χ1v) is 6.10. The van der Waals surface area contributed by atoms with Crippen LogP contribution in [0.3, 0.4) is 0 Å². The first-order valence-electron chi connectivity index (χ1n) is 6.10. The predicted molar refractivity (Wildman–Crippen MR) is 61.4 cm³/mol. The molecule has 2 aliphatic heterocycles. The van der Waals surface area contributed by atoms with Gasteiger partial charge in [-0.3, -0.25) is 4.90 Å². The van der Waals surface area contributed by atoms with Gasteiger partial charge in [-0.2, -0.15) is 0 Å². The van der Waals surface area contributed by atoms with Crippen LogP contribution in [0.15, 0.2) is 0 Å². The number of rotatable bonds is 0. The lowest BCUT2D eigenvalue weighted by Crippen LogP contribution is -2.34. The lowest BCUT2D eigenvalue weighted by atomic mass is 9.97. The quantitative estimate of drug-likeness (QED) is 0.581. The van der Waals surface area contributed by atoms with Crippen LogP contribution >= 0.6 is 0 Å². The van der Waals surface area contributed by atoms with E-state index < -0.39 is 6.17 Å². The van der Waals surface area contributed by atoms with Crippen LogP contribution in [0.2, 0.25) is 0 Å². The van der Waals surface area contributed by atoms with Gasteiger partial charge in [0.25, 0.3) is 0 Å². The van der Waals surface area contributed by atoms with Gasteiger partial charge in [0.1, 0.15) is 6.17 Å². The summed E-state index contributed by atoms with van der Waals surface area (Å²) in [5.74, 6) is 0. The summed E-state index contributed by atoms with van der Waals surface area (Å²) >= 11 is 0. The van der Waals surface area contributed by atoms with E-state index in [1.165, 1.54) is 12.8 Å². The Morgan fingerprint density at radius 1 is 1.21 bits per heavy atom. The second kappa shape index (κ2) is 6.39. The molecule has 2 heteroatoms. The van der Waals surface area contributed by atoms with Gasteiger partial charge in [0.05, 0.1) is 0 Å². The molecule has 2 aliphatic rings. The summed E-state index contributed by atoms with van der Waals surface area (Å²) in [5.41, 5.74) is 0.236. The van der Waals surface area contributed by atoms with Crippen LogP contribution in [0.5, 0.6) is 0 Å². The fraction of sp³-hybridized carbons (Fsp3) is 1.00. The second-order valence-corrected chi connectivity index (χ2v) is 3.85. The molecule has 0 amide bonds. The Balaban J connectivity index is 0.000000379. The molecule has 86 valence electrons. The fourth-order valence-electron chi connectivity index (χ4n) is 2.40. The van der Waals surface area contributed by atoms with E-state index in [4.69, 9.17) is 0 Å². The van der Waals surface area contributed by atoms with Crippen molar-refractivity contribution < 1.29 is 4.39 Å². The fourth-order valence-corrected chi connectivity index (χ4v) is 2.40. The minimum absolute atomic E-state index is 0.236. The summed E-state index contributed by atoms with van der Waals surface area (Å²) < 4.78 is 12.8. The molecule has 0 aromatic carbocycles. The van der Waals surface area contributed by atoms with Crippen molar-refractivity contribution in [2.45, 2.75) is 65.6 Å². The zero-order valence-electron chi connectivity index (χ0n) is 10.4. The maximum Gasteiger partial charge on any atom is 0.115 e. The molecule has 1 nitrogen and oxygen atoms in total. The molecule has 2 atom stereocenters. The molecular weight excluding hydrogens is 177 g/mol. The minimum atomic E-state index is -0.551. The Morgan fingerprint density at radius 3 is 2.29 bits per heavy atom. The van der Waals surface area contributed by atoms with Crippen LogP contribution in [-0.4, -0.2) is 29.7 Å². The van der Waals surface area contributed by atoms with Gasteiger partial charge in [0.15, 0.2) is 0 Å². The highest BCUT2D eigenvalue weighted by Crippen LogP contribution is 2.39. The lowest BCUT2D eigenvalue weighted by molar-refractivity contribution is 0.217. The molecule has 14 heavy (non-hydrogen) atoms. The third-order valence-corrected chi connectivity index (χ3v) is 2.99. The van der Waals surface area contributed by atoms with Crippen molar-refractivity contribution in [2.24, 2.45) is 0 Å². The van der Waals surface area contributed by atoms with E-state index in [-0.39, 0.29) is 5.54 Å². The van der Waals surface area contributed by atoms with Crippen molar-refractivity contribution in [3.8, 4) is 0 Å². The normalized spacial score (nSPS) is 35.1. The molecule has 0 aromatic rings. The van der Waals surface area contributed by atoms with E-state index >= 15 is 0 Å². The predicted octanol–water partition coefficient (Wildman–Crippen LogP) is 3.64. The summed E-state index contributed by atoms with van der Waals surface area (Å²) in [6.45, 7) is 12.0. The maximum absolute atomic E-state index is 12.8. The molecule has 2 heterocycles. The summed E-state index contributed by atoms with van der Waals surface area (Å²) in [5, 5.41) is 0. The minimum Gasteiger partial charge on any atom is -0.295 e. The van der Waals surface area contributed by atoms with Gasteiger partial charge in [-0.1, -0.05) is 27.7 Å². The monoisotopic (exact) mass is 203 g/mol. The summed E-state index contributed by atoms with van der Waals surface area (Å²) in [6, 6.07) is 0. The van der Waals surface area contributed by atoms with E-state index in [9.17, 15) is 4.39 Å². The second-order valence-electron chi connectivity index (χ2n) is 3.85. The highest BCUT2D eigenvalue weighted by atomic mass is 19.1. The third-order valence-electron chi connectivity index (χ3n) is 2.99. The molecule has 0 spiro atoms. The molecular formula is C12H26FN. The van der Waals surface area contributed by atoms with Crippen LogP contribution in [0.4, 0.5) is 4.39 Å². The van der Waals surface area contributed by atoms with Gasteiger partial charge >= 0.3 is 0 Å². The molecule has 2 saturated heterocycles. The number of hydrogen-bond donors (Lipinski definition) is 0. The number of nitrogens with zero attached hydrogens (tertiary/aromatic N) is 1. The van der Waals surface area contributed by atoms with Crippen molar-refractivity contribution in [1.29, 1.82) is 0 Å². The average molecular weight is 203 g/mol. The Bertz CT molecular complexity index is 149. The summed E-state index contributed by atoms with van der Waals surface area (Å²) in [4.78, 5) is 2.30. The molecule has 2 fully saturated rings. The van der Waals surface area contributed by atoms with E-state index in [0.717, 1.165) is 13.0 Å². The van der Waals surface area contributed by atoms with Crippen LogP contribution in [0.1, 0.15) is 53.9 Å². The van der Waals surface area contributed by atoms with Gasteiger partial charge in [-0.05, 0) is 32.7 Å². The van der Waals surface area contributed by atoms with Gasteiger partial charge in [-0.15, -0.1) is 0 Å². The average Bonchev–Trinajstić information content (AvgIpc) is 2.65. The Morgan fingerprint density at radius 2 is 1.79 bits per heavy atom. The smallest absolute Gasteiger partial charge is 0.115 e. The zero-order valence-corrected chi connectivity index (χ0v) is 10.4. The van der Waals surface area contributed by atoms with E-state index in [1.807, 2.05) is 27.7 Å². The summed E-state index contributed by atoms with van der Waals surface area (Å²) in [6.07, 6.45) is 2.69. The third kappa shape index (κ3) is 2.94. The van der Waals surface area contributed by atoms with E-state index in [2.05, 4.69) is 11.8 Å². The van der Waals surface area contributed by atoms with Crippen molar-refractivity contribution in [3.63, 3.8) is 0 Å². The van der Waals surface area contributed by atoms with Crippen LogP contribution in [-0.2, 0) is 0 Å². The highest BCUT2D eigenvalue weighted by molar-refractivity contribution is 5.00. The maximum atomic E-state index is 12.8. The molecule has 0 aromatic heterocycles. The number of alkyl halides is 1. The van der Waals surface area contributed by atoms with Crippen LogP contribution in [0.25, 0.3) is 0 Å². The molecule has 0 N–H and O–H groups in total. The summed E-state index contributed by atoms with van der Waals surface area (Å²) in [7, 11) is 0. The topological polar surface area (TPSA) is 3.24 Å². The molecule has 0 aliphatic carbocycles. The van der Waals surface area contributed by atoms with Crippen molar-refractivity contribution in [1.82, 2.24) is 4.90 Å². The van der Waals surface area contributed by atoms with Gasteiger partial charge in [0, 0.05) is 12.1 Å². The molecule has 2 unspecified atom stereocenters. The highest BCUT2D eigenvalue weighted by Gasteiger charge is 2.44. The van der Waals surface area contributed by atoms with Crippen molar-refractivity contribution in [3.05, 3.63) is 0 Å². The largest absolute Gasteiger partial charge is 0.295 e. The number of hydrogen-bond acceptors (Lipinski definition) is 1. The van der Waals surface area contributed by atoms with Gasteiger partial charge in [-0.25, -0.2) is 4.39 Å². The molecule has 0 radical (unpaired) electrons. The van der Waals surface area contributed by atoms with Crippen molar-refractivity contribution >= 4 is 0 Å². The van der Waals surface area contributed by atoms with Crippen LogP contribution < -0.4 is 0 Å². The first-order chi connectivity index (χ1) is 6.71. The molecule has 0 saturated carbocycles. The first kappa shape index (κ1) is 13.9. The standard InChI is InChI=1S/C8H14FN.2C2H6/c1-8-3-2-4-10(8)6-7(9)5-8;2*1-2/h7H,2-6H2,1H3;2*1-2H3. The lowest BCUT2D eigenvalue weighted by Gasteiger charge is -2.25. The van der Waals surface area contributed by atoms with Gasteiger partial charge in [0.2, 0.25) is 0 Å². The Kier molecular flexibility index (Phi) is 6.34. The van der Waals surface area contributed by atoms with E-state index in [1.54, 1.807) is 0 Å². The SMILES string of the molecule is CC.CC.CC12CCCN1CC(F)C2. The molecule has 2 rings (SSSR count). The zero-order chi connectivity index (χ0) is 11.2. The van der Waals surface area contributed by atoms with Crippen LogP contribution in [0, 0.1) is 0 Å². The number of fused-ring (bicyclic) bond motifs is 1. The van der Waals surface area contributed by atoms with Crippen molar-refractivity contribution in [2.75, 3.05) is 13.1 Å².